The van der Waals surface area contributed by atoms with Crippen molar-refractivity contribution in [3.05, 3.63) is 33.7 Å². The Kier molecular flexibility index (Phi) is 4.48. The quantitative estimate of drug-likeness (QED) is 0.790. The zero-order valence-corrected chi connectivity index (χ0v) is 14.5. The summed E-state index contributed by atoms with van der Waals surface area (Å²) < 4.78 is 5.45. The molecule has 2 heterocycles. The molecule has 23 heavy (non-hydrogen) atoms. The molecule has 0 fully saturated rings. The number of hydrogen-bond acceptors (Lipinski definition) is 5. The number of hydrogen-bond donors (Lipinski definition) is 0. The third-order valence-electron chi connectivity index (χ3n) is 4.29. The predicted octanol–water partition coefficient (Wildman–Crippen LogP) is 3.88. The summed E-state index contributed by atoms with van der Waals surface area (Å²) >= 11 is 1.58. The fourth-order valence-electron chi connectivity index (χ4n) is 3.39. The van der Waals surface area contributed by atoms with E-state index in [-0.39, 0.29) is 23.8 Å². The third kappa shape index (κ3) is 3.02. The zero-order valence-electron chi connectivity index (χ0n) is 13.7. The molecule has 0 saturated carbocycles. The van der Waals surface area contributed by atoms with Crippen molar-refractivity contribution in [1.29, 1.82) is 0 Å². The summed E-state index contributed by atoms with van der Waals surface area (Å²) in [5.41, 5.74) is 2.35. The lowest BCUT2D eigenvalue weighted by Crippen LogP contribution is -2.37. The molecule has 0 spiro atoms. The topological polar surface area (TPSA) is 55.7 Å². The van der Waals surface area contributed by atoms with Crippen molar-refractivity contribution in [3.8, 4) is 0 Å². The van der Waals surface area contributed by atoms with Crippen LogP contribution in [0.4, 0.5) is 0 Å². The number of thiophene rings is 1. The highest BCUT2D eigenvalue weighted by Gasteiger charge is 2.43. The number of nitrogens with zero attached hydrogens (tertiary/aromatic N) is 1. The molecule has 1 aliphatic carbocycles. The van der Waals surface area contributed by atoms with Gasteiger partial charge in [0.15, 0.2) is 5.78 Å². The minimum Gasteiger partial charge on any atom is -0.462 e. The second-order valence-corrected chi connectivity index (χ2v) is 7.33. The van der Waals surface area contributed by atoms with Crippen molar-refractivity contribution in [2.45, 2.75) is 52.1 Å². The molecular weight excluding hydrogens is 310 g/mol. The summed E-state index contributed by atoms with van der Waals surface area (Å²) in [5.74, 6) is -0.911. The van der Waals surface area contributed by atoms with Gasteiger partial charge in [-0.15, -0.1) is 11.3 Å². The van der Waals surface area contributed by atoms with E-state index < -0.39 is 5.92 Å². The van der Waals surface area contributed by atoms with Gasteiger partial charge >= 0.3 is 5.97 Å². The molecule has 1 aliphatic heterocycles. The van der Waals surface area contributed by atoms with Gasteiger partial charge < -0.3 is 4.74 Å². The molecule has 0 radical (unpaired) electrons. The maximum Gasteiger partial charge on any atom is 0.315 e. The van der Waals surface area contributed by atoms with Gasteiger partial charge in [-0.3, -0.25) is 14.6 Å². The van der Waals surface area contributed by atoms with Gasteiger partial charge in [0.25, 0.3) is 0 Å². The molecule has 5 heteroatoms. The molecule has 0 amide bonds. The van der Waals surface area contributed by atoms with Gasteiger partial charge in [0.2, 0.25) is 0 Å². The number of allylic oxidation sites excluding steroid dienone is 2. The van der Waals surface area contributed by atoms with E-state index in [0.29, 0.717) is 6.42 Å². The van der Waals surface area contributed by atoms with E-state index in [0.717, 1.165) is 34.7 Å². The summed E-state index contributed by atoms with van der Waals surface area (Å²) in [6, 6.07) is 3.95. The molecule has 1 unspecified atom stereocenters. The molecule has 2 aliphatic rings. The first-order valence-corrected chi connectivity index (χ1v) is 8.92. The Bertz CT molecular complexity index is 685. The first-order valence-electron chi connectivity index (χ1n) is 8.04. The van der Waals surface area contributed by atoms with Crippen LogP contribution in [0.5, 0.6) is 0 Å². The average molecular weight is 331 g/mol. The average Bonchev–Trinajstić information content (AvgIpc) is 2.99. The van der Waals surface area contributed by atoms with E-state index in [1.54, 1.807) is 11.3 Å². The Morgan fingerprint density at radius 3 is 2.83 bits per heavy atom. The van der Waals surface area contributed by atoms with E-state index in [1.807, 2.05) is 38.3 Å². The second-order valence-electron chi connectivity index (χ2n) is 6.35. The Morgan fingerprint density at radius 2 is 2.17 bits per heavy atom. The predicted molar refractivity (Wildman–Crippen MR) is 90.8 cm³/mol. The molecule has 3 rings (SSSR count). The molecule has 4 nitrogen and oxygen atoms in total. The fraction of sp³-hybridized carbons (Fsp3) is 0.500. The largest absolute Gasteiger partial charge is 0.462 e. The molecule has 1 aromatic heterocycles. The summed E-state index contributed by atoms with van der Waals surface area (Å²) in [6.45, 7) is 5.54. The van der Waals surface area contributed by atoms with Crippen LogP contribution in [0.2, 0.25) is 0 Å². The smallest absolute Gasteiger partial charge is 0.315 e. The fourth-order valence-corrected chi connectivity index (χ4v) is 4.26. The van der Waals surface area contributed by atoms with Crippen LogP contribution in [0.3, 0.4) is 0 Å². The Morgan fingerprint density at radius 1 is 1.39 bits per heavy atom. The van der Waals surface area contributed by atoms with Gasteiger partial charge in [0.05, 0.1) is 6.10 Å². The van der Waals surface area contributed by atoms with Crippen LogP contribution >= 0.6 is 11.3 Å². The highest BCUT2D eigenvalue weighted by molar-refractivity contribution is 7.10. The van der Waals surface area contributed by atoms with Crippen molar-refractivity contribution in [2.75, 3.05) is 0 Å². The number of esters is 1. The molecule has 0 saturated heterocycles. The lowest BCUT2D eigenvalue weighted by Gasteiger charge is -2.34. The van der Waals surface area contributed by atoms with Crippen LogP contribution < -0.4 is 0 Å². The van der Waals surface area contributed by atoms with Crippen LogP contribution in [0.25, 0.3) is 0 Å². The minimum atomic E-state index is -0.503. The van der Waals surface area contributed by atoms with Crippen molar-refractivity contribution < 1.29 is 14.3 Å². The summed E-state index contributed by atoms with van der Waals surface area (Å²) in [4.78, 5) is 30.9. The van der Waals surface area contributed by atoms with Gasteiger partial charge in [-0.1, -0.05) is 6.07 Å². The van der Waals surface area contributed by atoms with Crippen molar-refractivity contribution in [3.63, 3.8) is 0 Å². The van der Waals surface area contributed by atoms with Crippen molar-refractivity contribution in [1.82, 2.24) is 0 Å². The number of ketones is 1. The minimum absolute atomic E-state index is 0.128. The Balaban J connectivity index is 2.09. The van der Waals surface area contributed by atoms with E-state index >= 15 is 0 Å². The van der Waals surface area contributed by atoms with Gasteiger partial charge in [-0.05, 0) is 45.1 Å². The normalized spacial score (nSPS) is 24.5. The van der Waals surface area contributed by atoms with Crippen LogP contribution in [0, 0.1) is 5.92 Å². The SMILES string of the molecule is CC1=NC2=C(C(=O)CCC2)[C@@H](c2cccs2)C1C(=O)OC(C)C. The van der Waals surface area contributed by atoms with Crippen molar-refractivity contribution in [2.24, 2.45) is 10.9 Å². The van der Waals surface area contributed by atoms with Gasteiger partial charge in [-0.2, -0.15) is 0 Å². The number of ether oxygens (including phenoxy) is 1. The molecule has 0 bridgehead atoms. The van der Waals surface area contributed by atoms with E-state index in [9.17, 15) is 9.59 Å². The number of Topliss-reactive ketones (excluding diaryl/α,β-unsaturated/α-hetero) is 1. The monoisotopic (exact) mass is 331 g/mol. The lowest BCUT2D eigenvalue weighted by molar-refractivity contribution is -0.150. The summed E-state index contributed by atoms with van der Waals surface area (Å²) in [7, 11) is 0. The number of aliphatic imine (C=N–C) groups is 1. The molecule has 0 N–H and O–H groups in total. The van der Waals surface area contributed by atoms with Crippen molar-refractivity contribution >= 4 is 28.8 Å². The van der Waals surface area contributed by atoms with Gasteiger partial charge in [0, 0.05) is 34.2 Å². The van der Waals surface area contributed by atoms with Crippen LogP contribution in [0.15, 0.2) is 33.8 Å². The summed E-state index contributed by atoms with van der Waals surface area (Å²) in [6.07, 6.45) is 2.01. The lowest BCUT2D eigenvalue weighted by atomic mass is 9.74. The first-order chi connectivity index (χ1) is 11.0. The molecule has 0 aromatic carbocycles. The third-order valence-corrected chi connectivity index (χ3v) is 5.25. The molecular formula is C18H21NO3S. The first kappa shape index (κ1) is 16.1. The number of rotatable bonds is 3. The molecule has 122 valence electrons. The standard InChI is InChI=1S/C18H21NO3S/c1-10(2)22-18(21)15-11(3)19-12-6-4-7-13(20)16(12)17(15)14-8-5-9-23-14/h5,8-10,15,17H,4,6-7H2,1-3H3/t15?,17-/m0/s1. The van der Waals surface area contributed by atoms with E-state index in [4.69, 9.17) is 4.74 Å². The van der Waals surface area contributed by atoms with Crippen LogP contribution in [0.1, 0.15) is 50.8 Å². The Labute approximate surface area is 140 Å². The van der Waals surface area contributed by atoms with Crippen LogP contribution in [-0.2, 0) is 14.3 Å². The summed E-state index contributed by atoms with van der Waals surface area (Å²) in [5, 5.41) is 1.98. The van der Waals surface area contributed by atoms with Gasteiger partial charge in [0.1, 0.15) is 5.92 Å². The maximum absolute atomic E-state index is 12.7. The number of carbonyl (C=O) groups is 2. The van der Waals surface area contributed by atoms with Crippen LogP contribution in [-0.4, -0.2) is 23.6 Å². The second kappa shape index (κ2) is 6.40. The maximum atomic E-state index is 12.7. The zero-order chi connectivity index (χ0) is 16.6. The number of carbonyl (C=O) groups excluding carboxylic acids is 2. The molecule has 1 aromatic rings. The molecule has 2 atom stereocenters. The highest BCUT2D eigenvalue weighted by atomic mass is 32.1. The highest BCUT2D eigenvalue weighted by Crippen LogP contribution is 2.44. The Hall–Kier alpha value is -1.75. The van der Waals surface area contributed by atoms with E-state index in [2.05, 4.69) is 4.99 Å². The van der Waals surface area contributed by atoms with E-state index in [1.165, 1.54) is 0 Å². The van der Waals surface area contributed by atoms with Gasteiger partial charge in [-0.25, -0.2) is 0 Å².